The van der Waals surface area contributed by atoms with Gasteiger partial charge in [-0.15, -0.1) is 0 Å². The molecule has 0 aromatic rings. The summed E-state index contributed by atoms with van der Waals surface area (Å²) in [5, 5.41) is 0. The van der Waals surface area contributed by atoms with Gasteiger partial charge in [0.1, 0.15) is 0 Å². The van der Waals surface area contributed by atoms with Gasteiger partial charge >= 0.3 is 0 Å². The third-order valence-corrected chi connectivity index (χ3v) is 0. The van der Waals surface area contributed by atoms with E-state index in [4.69, 9.17) is 0 Å². The minimum atomic E-state index is 0. The first-order valence-electron chi connectivity index (χ1n) is 0. The molecule has 4 radical (unpaired) electrons. The van der Waals surface area contributed by atoms with Crippen LogP contribution in [0, 0.1) is 0 Å². The topological polar surface area (TPSA) is 0 Å². The molecule has 0 aliphatic heterocycles. The van der Waals surface area contributed by atoms with Crippen molar-refractivity contribution in [3.63, 3.8) is 0 Å². The maximum Gasteiger partial charge on any atom is 0 e. The van der Waals surface area contributed by atoms with E-state index in [1.807, 2.05) is 0 Å². The average Bonchev–Trinajstić information content (AvgIpc) is 0. The van der Waals surface area contributed by atoms with E-state index < -0.39 is 0 Å². The van der Waals surface area contributed by atoms with E-state index in [1.165, 1.54) is 0 Å². The van der Waals surface area contributed by atoms with E-state index in [0.29, 0.717) is 0 Å². The zero-order valence-corrected chi connectivity index (χ0v) is 9.00. The van der Waals surface area contributed by atoms with Gasteiger partial charge in [0.15, 0.2) is 0 Å². The van der Waals surface area contributed by atoms with Crippen molar-refractivity contribution >= 4 is 17.4 Å². The summed E-state index contributed by atoms with van der Waals surface area (Å²) in [6.07, 6.45) is 0. The van der Waals surface area contributed by atoms with Gasteiger partial charge in [0.2, 0.25) is 0 Å². The summed E-state index contributed by atoms with van der Waals surface area (Å²) < 4.78 is 0. The van der Waals surface area contributed by atoms with Crippen LogP contribution in [-0.2, 0) is 78.5 Å². The molecule has 5 heteroatoms. The van der Waals surface area contributed by atoms with Gasteiger partial charge in [0, 0.05) is 95.8 Å². The molecule has 0 saturated carbocycles. The minimum Gasteiger partial charge on any atom is 0 e. The molecule has 0 aromatic carbocycles. The van der Waals surface area contributed by atoms with Gasteiger partial charge in [-0.25, -0.2) is 0 Å². The van der Waals surface area contributed by atoms with Crippen molar-refractivity contribution in [1.29, 1.82) is 0 Å². The molecular formula is AlNiTi2V. The van der Waals surface area contributed by atoms with Crippen molar-refractivity contribution in [3.05, 3.63) is 0 Å². The van der Waals surface area contributed by atoms with Crippen LogP contribution < -0.4 is 0 Å². The van der Waals surface area contributed by atoms with Gasteiger partial charge in [0.05, 0.1) is 0 Å². The zero-order chi connectivity index (χ0) is 0. The van der Waals surface area contributed by atoms with Crippen molar-refractivity contribution in [2.75, 3.05) is 0 Å². The van der Waals surface area contributed by atoms with Crippen LogP contribution in [0.5, 0.6) is 0 Å². The van der Waals surface area contributed by atoms with Gasteiger partial charge in [0.25, 0.3) is 0 Å². The van der Waals surface area contributed by atoms with Crippen molar-refractivity contribution in [1.82, 2.24) is 0 Å². The zero-order valence-electron chi connectivity index (χ0n) is 2.34. The third-order valence-electron chi connectivity index (χ3n) is 0. The SMILES string of the molecule is [Al].[Ni].[Ti].[Ti].[V]. The van der Waals surface area contributed by atoms with Gasteiger partial charge in [-0.1, -0.05) is 0 Å². The second-order valence-electron chi connectivity index (χ2n) is 0. The summed E-state index contributed by atoms with van der Waals surface area (Å²) in [5.74, 6) is 0. The Labute approximate surface area is 94.3 Å². The Kier molecular flexibility index (Phi) is 240. The summed E-state index contributed by atoms with van der Waals surface area (Å²) in [5.41, 5.74) is 0. The minimum absolute atomic E-state index is 0. The molecule has 5 heavy (non-hydrogen) atoms. The van der Waals surface area contributed by atoms with Crippen LogP contribution in [0.2, 0.25) is 0 Å². The maximum absolute atomic E-state index is 0. The second kappa shape index (κ2) is 27.8. The largest absolute Gasteiger partial charge is 0 e. The molecule has 0 rings (SSSR count). The molecule has 0 N–H and O–H groups in total. The molecule has 0 fully saturated rings. The van der Waals surface area contributed by atoms with Crippen LogP contribution in [0.25, 0.3) is 0 Å². The van der Waals surface area contributed by atoms with Crippen LogP contribution in [0.15, 0.2) is 0 Å². The number of rotatable bonds is 0. The summed E-state index contributed by atoms with van der Waals surface area (Å²) in [7, 11) is 0. The first-order chi connectivity index (χ1) is 0. The molecule has 0 bridgehead atoms. The fourth-order valence-corrected chi connectivity index (χ4v) is 0. The van der Waals surface area contributed by atoms with E-state index in [9.17, 15) is 0 Å². The Morgan fingerprint density at radius 3 is 0.800 bits per heavy atom. The van der Waals surface area contributed by atoms with Crippen LogP contribution in [0.3, 0.4) is 0 Å². The smallest absolute Gasteiger partial charge is 0 e. The first-order valence-corrected chi connectivity index (χ1v) is 0. The summed E-state index contributed by atoms with van der Waals surface area (Å²) >= 11 is 0. The van der Waals surface area contributed by atoms with Gasteiger partial charge in [-0.2, -0.15) is 0 Å². The summed E-state index contributed by atoms with van der Waals surface area (Å²) in [4.78, 5) is 0. The van der Waals surface area contributed by atoms with E-state index in [2.05, 4.69) is 0 Å². The molecule has 0 saturated heterocycles. The Balaban J connectivity index is 0. The van der Waals surface area contributed by atoms with Gasteiger partial charge in [-0.3, -0.25) is 0 Å². The molecule has 0 amide bonds. The van der Waals surface area contributed by atoms with Crippen LogP contribution in [-0.4, -0.2) is 17.4 Å². The van der Waals surface area contributed by atoms with Crippen molar-refractivity contribution in [2.45, 2.75) is 0 Å². The summed E-state index contributed by atoms with van der Waals surface area (Å²) in [6, 6.07) is 0. The molecule has 0 aromatic heterocycles. The van der Waals surface area contributed by atoms with Crippen LogP contribution in [0.4, 0.5) is 0 Å². The van der Waals surface area contributed by atoms with E-state index >= 15 is 0 Å². The number of hydrogen-bond donors (Lipinski definition) is 0. The Morgan fingerprint density at radius 1 is 0.800 bits per heavy atom. The van der Waals surface area contributed by atoms with Crippen LogP contribution in [0.1, 0.15) is 0 Å². The molecule has 0 aliphatic rings. The van der Waals surface area contributed by atoms with Crippen LogP contribution >= 0.6 is 0 Å². The van der Waals surface area contributed by atoms with Crippen molar-refractivity contribution in [3.8, 4) is 0 Å². The molecule has 0 atom stereocenters. The monoisotopic (exact) mass is 232 g/mol. The van der Waals surface area contributed by atoms with E-state index in [1.54, 1.807) is 0 Å². The molecular weight excluding hydrogens is 232 g/mol. The molecule has 0 spiro atoms. The standard InChI is InChI=1S/Al.Ni.2Ti.V. The second-order valence-corrected chi connectivity index (χ2v) is 0. The molecule has 0 aliphatic carbocycles. The molecule has 0 heterocycles. The van der Waals surface area contributed by atoms with E-state index in [-0.39, 0.29) is 95.8 Å². The van der Waals surface area contributed by atoms with Gasteiger partial charge in [-0.05, 0) is 0 Å². The van der Waals surface area contributed by atoms with Gasteiger partial charge < -0.3 is 0 Å². The van der Waals surface area contributed by atoms with E-state index in [0.717, 1.165) is 0 Å². The Bertz CT molecular complexity index is 9.61. The molecule has 0 nitrogen and oxygen atoms in total. The van der Waals surface area contributed by atoms with Crippen molar-refractivity contribution < 1.29 is 78.5 Å². The first kappa shape index (κ1) is 43.1. The predicted octanol–water partition coefficient (Wildman–Crippen LogP) is -0.391. The maximum atomic E-state index is 0. The molecule has 26 valence electrons. The fourth-order valence-electron chi connectivity index (χ4n) is 0. The predicted molar refractivity (Wildman–Crippen MR) is 5.75 cm³/mol. The Hall–Kier alpha value is 3.04. The summed E-state index contributed by atoms with van der Waals surface area (Å²) in [6.45, 7) is 0. The third kappa shape index (κ3) is 19.4. The quantitative estimate of drug-likeness (QED) is 0.499. The number of hydrogen-bond acceptors (Lipinski definition) is 0. The average molecular weight is 232 g/mol. The Morgan fingerprint density at radius 2 is 0.800 bits per heavy atom. The molecule has 0 unspecified atom stereocenters. The normalized spacial score (nSPS) is 0. The fraction of sp³-hybridized carbons (Fsp3) is 0. The van der Waals surface area contributed by atoms with Crippen molar-refractivity contribution in [2.24, 2.45) is 0 Å².